The summed E-state index contributed by atoms with van der Waals surface area (Å²) in [4.78, 5) is 15.8. The van der Waals surface area contributed by atoms with Gasteiger partial charge in [0.25, 0.3) is 5.91 Å². The van der Waals surface area contributed by atoms with Gasteiger partial charge in [0.1, 0.15) is 11.3 Å². The molecule has 0 unspecified atom stereocenters. The third-order valence-electron chi connectivity index (χ3n) is 5.89. The summed E-state index contributed by atoms with van der Waals surface area (Å²) in [6.07, 6.45) is 4.88. The average Bonchev–Trinajstić information content (AvgIpc) is 3.23. The van der Waals surface area contributed by atoms with Crippen LogP contribution in [-0.4, -0.2) is 33.2 Å². The molecule has 1 aromatic heterocycles. The van der Waals surface area contributed by atoms with Crippen molar-refractivity contribution < 1.29 is 9.53 Å². The van der Waals surface area contributed by atoms with Gasteiger partial charge < -0.3 is 4.74 Å². The van der Waals surface area contributed by atoms with Gasteiger partial charge in [-0.1, -0.05) is 31.4 Å². The number of carbonyl (C=O) groups is 1. The van der Waals surface area contributed by atoms with Gasteiger partial charge in [-0.25, -0.2) is 0 Å². The minimum Gasteiger partial charge on any atom is -0.497 e. The Morgan fingerprint density at radius 1 is 1.00 bits per heavy atom. The number of ether oxygens (including phenoxy) is 1. The van der Waals surface area contributed by atoms with E-state index in [2.05, 4.69) is 15.5 Å². The molecule has 5 rings (SSSR count). The van der Waals surface area contributed by atoms with Gasteiger partial charge in [-0.15, -0.1) is 5.10 Å². The van der Waals surface area contributed by atoms with Crippen LogP contribution in [-0.2, 0) is 5.54 Å². The van der Waals surface area contributed by atoms with Crippen molar-refractivity contribution in [2.75, 3.05) is 12.0 Å². The number of methoxy groups -OCH3 is 1. The molecule has 1 fully saturated rings. The molecule has 2 aliphatic rings. The second-order valence-electron chi connectivity index (χ2n) is 7.36. The van der Waals surface area contributed by atoms with Crippen molar-refractivity contribution >= 4 is 11.6 Å². The fourth-order valence-electron chi connectivity index (χ4n) is 4.57. The number of para-hydroxylation sites is 1. The van der Waals surface area contributed by atoms with Gasteiger partial charge in [0.05, 0.1) is 18.4 Å². The number of anilines is 1. The zero-order valence-electron chi connectivity index (χ0n) is 15.7. The quantitative estimate of drug-likeness (QED) is 0.685. The van der Waals surface area contributed by atoms with Crippen LogP contribution in [0.2, 0.25) is 0 Å². The number of benzene rings is 2. The lowest BCUT2D eigenvalue weighted by Crippen LogP contribution is -2.51. The van der Waals surface area contributed by atoms with Crippen LogP contribution in [0, 0.1) is 0 Å². The number of rotatable bonds is 2. The second kappa shape index (κ2) is 6.44. The molecule has 7 heteroatoms. The van der Waals surface area contributed by atoms with Crippen molar-refractivity contribution in [1.82, 2.24) is 20.2 Å². The first kappa shape index (κ1) is 16.9. The molecule has 0 radical (unpaired) electrons. The lowest BCUT2D eigenvalue weighted by molar-refractivity contribution is 0.0934. The number of aromatic nitrogens is 4. The molecule has 0 bridgehead atoms. The topological polar surface area (TPSA) is 73.1 Å². The highest BCUT2D eigenvalue weighted by Crippen LogP contribution is 2.47. The fraction of sp³-hybridized carbons (Fsp3) is 0.333. The molecule has 1 spiro atoms. The molecule has 0 atom stereocenters. The number of nitrogens with zero attached hydrogens (tertiary/aromatic N) is 5. The molecule has 1 aliphatic carbocycles. The summed E-state index contributed by atoms with van der Waals surface area (Å²) in [5.41, 5.74) is 1.61. The van der Waals surface area contributed by atoms with E-state index in [0.717, 1.165) is 55.1 Å². The molecule has 28 heavy (non-hydrogen) atoms. The van der Waals surface area contributed by atoms with E-state index < -0.39 is 5.54 Å². The maximum Gasteiger partial charge on any atom is 0.261 e. The molecule has 2 heterocycles. The standard InChI is InChI=1S/C21H21N5O2/c1-28-16-11-9-15(10-12-16)25-19(27)17-7-3-4-8-18(17)26-20(22-23-24-26)21(25)13-5-2-6-14-21/h3-4,7-12H,2,5-6,13-14H2,1H3. The zero-order chi connectivity index (χ0) is 19.1. The van der Waals surface area contributed by atoms with Crippen molar-refractivity contribution in [2.45, 2.75) is 37.6 Å². The molecule has 0 saturated heterocycles. The van der Waals surface area contributed by atoms with E-state index in [-0.39, 0.29) is 5.91 Å². The maximum absolute atomic E-state index is 13.8. The van der Waals surface area contributed by atoms with Crippen LogP contribution in [0.3, 0.4) is 0 Å². The SMILES string of the molecule is COc1ccc(N2C(=O)c3ccccc3-n3nnnc3C23CCCCC3)cc1. The average molecular weight is 375 g/mol. The lowest BCUT2D eigenvalue weighted by atomic mass is 9.79. The van der Waals surface area contributed by atoms with E-state index in [1.807, 2.05) is 53.4 Å². The molecular formula is C21H21N5O2. The molecule has 1 amide bonds. The van der Waals surface area contributed by atoms with E-state index in [1.54, 1.807) is 11.8 Å². The van der Waals surface area contributed by atoms with Gasteiger partial charge in [0.15, 0.2) is 5.82 Å². The number of amides is 1. The minimum absolute atomic E-state index is 0.0324. The number of hydrogen-bond acceptors (Lipinski definition) is 5. The van der Waals surface area contributed by atoms with Crippen molar-refractivity contribution in [3.05, 3.63) is 59.9 Å². The Kier molecular flexibility index (Phi) is 3.89. The normalized spacial score (nSPS) is 17.8. The largest absolute Gasteiger partial charge is 0.497 e. The molecule has 7 nitrogen and oxygen atoms in total. The third kappa shape index (κ3) is 2.35. The maximum atomic E-state index is 13.8. The van der Waals surface area contributed by atoms with E-state index in [0.29, 0.717) is 5.56 Å². The molecule has 1 aliphatic heterocycles. The highest BCUT2D eigenvalue weighted by molar-refractivity contribution is 6.10. The van der Waals surface area contributed by atoms with Crippen LogP contribution in [0.4, 0.5) is 5.69 Å². The van der Waals surface area contributed by atoms with Gasteiger partial charge in [0, 0.05) is 5.69 Å². The van der Waals surface area contributed by atoms with E-state index >= 15 is 0 Å². The molecule has 1 saturated carbocycles. The van der Waals surface area contributed by atoms with Crippen LogP contribution in [0.15, 0.2) is 48.5 Å². The van der Waals surface area contributed by atoms with Gasteiger partial charge in [0.2, 0.25) is 0 Å². The van der Waals surface area contributed by atoms with Crippen molar-refractivity contribution in [3.63, 3.8) is 0 Å². The molecule has 2 aromatic carbocycles. The first-order valence-electron chi connectivity index (χ1n) is 9.61. The van der Waals surface area contributed by atoms with Gasteiger partial charge in [-0.3, -0.25) is 9.69 Å². The van der Waals surface area contributed by atoms with Crippen LogP contribution < -0.4 is 9.64 Å². The molecule has 142 valence electrons. The smallest absolute Gasteiger partial charge is 0.261 e. The Morgan fingerprint density at radius 3 is 2.50 bits per heavy atom. The molecular weight excluding hydrogens is 354 g/mol. The predicted molar refractivity (Wildman–Crippen MR) is 104 cm³/mol. The molecule has 3 aromatic rings. The third-order valence-corrected chi connectivity index (χ3v) is 5.89. The van der Waals surface area contributed by atoms with Crippen molar-refractivity contribution in [1.29, 1.82) is 0 Å². The van der Waals surface area contributed by atoms with E-state index in [9.17, 15) is 4.79 Å². The van der Waals surface area contributed by atoms with Gasteiger partial charge >= 0.3 is 0 Å². The highest BCUT2D eigenvalue weighted by Gasteiger charge is 2.49. The fourth-order valence-corrected chi connectivity index (χ4v) is 4.57. The number of carbonyl (C=O) groups excluding carboxylic acids is 1. The summed E-state index contributed by atoms with van der Waals surface area (Å²) in [5, 5.41) is 12.7. The summed E-state index contributed by atoms with van der Waals surface area (Å²) < 4.78 is 7.06. The number of hydrogen-bond donors (Lipinski definition) is 0. The number of fused-ring (bicyclic) bond motifs is 4. The zero-order valence-corrected chi connectivity index (χ0v) is 15.7. The highest BCUT2D eigenvalue weighted by atomic mass is 16.5. The van der Waals surface area contributed by atoms with Crippen LogP contribution >= 0.6 is 0 Å². The lowest BCUT2D eigenvalue weighted by Gasteiger charge is -2.44. The summed E-state index contributed by atoms with van der Waals surface area (Å²) in [5.74, 6) is 1.46. The van der Waals surface area contributed by atoms with Crippen LogP contribution in [0.25, 0.3) is 5.69 Å². The Bertz CT molecular complexity index is 1020. The predicted octanol–water partition coefficient (Wildman–Crippen LogP) is 3.49. The monoisotopic (exact) mass is 375 g/mol. The minimum atomic E-state index is -0.563. The first-order chi connectivity index (χ1) is 13.7. The molecule has 0 N–H and O–H groups in total. The Hall–Kier alpha value is -3.22. The van der Waals surface area contributed by atoms with Crippen LogP contribution in [0.1, 0.15) is 48.3 Å². The van der Waals surface area contributed by atoms with E-state index in [4.69, 9.17) is 4.74 Å². The Labute approximate surface area is 162 Å². The van der Waals surface area contributed by atoms with Crippen molar-refractivity contribution in [3.8, 4) is 11.4 Å². The number of tetrazole rings is 1. The Balaban J connectivity index is 1.78. The second-order valence-corrected chi connectivity index (χ2v) is 7.36. The van der Waals surface area contributed by atoms with Crippen molar-refractivity contribution in [2.24, 2.45) is 0 Å². The summed E-state index contributed by atoms with van der Waals surface area (Å²) >= 11 is 0. The summed E-state index contributed by atoms with van der Waals surface area (Å²) in [7, 11) is 1.64. The van der Waals surface area contributed by atoms with Crippen LogP contribution in [0.5, 0.6) is 5.75 Å². The van der Waals surface area contributed by atoms with E-state index in [1.165, 1.54) is 0 Å². The van der Waals surface area contributed by atoms with Gasteiger partial charge in [-0.2, -0.15) is 4.68 Å². The summed E-state index contributed by atoms with van der Waals surface area (Å²) in [6.45, 7) is 0. The van der Waals surface area contributed by atoms with Gasteiger partial charge in [-0.05, 0) is 59.7 Å². The Morgan fingerprint density at radius 2 is 1.75 bits per heavy atom. The summed E-state index contributed by atoms with van der Waals surface area (Å²) in [6, 6.07) is 15.2. The first-order valence-corrected chi connectivity index (χ1v) is 9.61.